The summed E-state index contributed by atoms with van der Waals surface area (Å²) in [5.41, 5.74) is -0.214. The molecule has 31 heavy (non-hydrogen) atoms. The Balaban J connectivity index is 1.58. The van der Waals surface area contributed by atoms with Crippen LogP contribution in [0.25, 0.3) is 10.9 Å². The highest BCUT2D eigenvalue weighted by Gasteiger charge is 2.09. The van der Waals surface area contributed by atoms with E-state index < -0.39 is 16.2 Å². The molecule has 0 saturated heterocycles. The highest BCUT2D eigenvalue weighted by atomic mass is 127. The van der Waals surface area contributed by atoms with Crippen LogP contribution in [0, 0.1) is 13.7 Å². The molecule has 0 aliphatic heterocycles. The fraction of sp³-hybridized carbons (Fsp3) is 0. The Hall–Kier alpha value is -3.87. The van der Waals surface area contributed by atoms with Gasteiger partial charge in [-0.1, -0.05) is 12.1 Å². The molecule has 2 aromatic carbocycles. The second-order valence-corrected chi connectivity index (χ2v) is 7.40. The number of rotatable bonds is 5. The van der Waals surface area contributed by atoms with Crippen LogP contribution in [0.2, 0.25) is 0 Å². The lowest BCUT2D eigenvalue weighted by Gasteiger charge is -2.07. The Morgan fingerprint density at radius 1 is 1.16 bits per heavy atom. The number of para-hydroxylation sites is 1. The van der Waals surface area contributed by atoms with Crippen molar-refractivity contribution in [2.24, 2.45) is 5.10 Å². The Bertz CT molecular complexity index is 1440. The van der Waals surface area contributed by atoms with Crippen LogP contribution in [-0.2, 0) is 0 Å². The first-order valence-corrected chi connectivity index (χ1v) is 9.86. The first-order valence-electron chi connectivity index (χ1n) is 8.78. The molecule has 1 N–H and O–H groups in total. The quantitative estimate of drug-likeness (QED) is 0.183. The van der Waals surface area contributed by atoms with Crippen LogP contribution in [0.1, 0.15) is 5.56 Å². The number of pyridine rings is 1. The summed E-state index contributed by atoms with van der Waals surface area (Å²) in [6.07, 6.45) is 2.50. The van der Waals surface area contributed by atoms with E-state index in [1.165, 1.54) is 18.3 Å². The van der Waals surface area contributed by atoms with Crippen molar-refractivity contribution < 1.29 is 9.66 Å². The van der Waals surface area contributed by atoms with E-state index in [0.717, 1.165) is 10.9 Å². The largest absolute Gasteiger partial charge is 0.438 e. The second kappa shape index (κ2) is 8.47. The Labute approximate surface area is 187 Å². The number of aromatic nitrogens is 3. The van der Waals surface area contributed by atoms with Gasteiger partial charge in [-0.3, -0.25) is 14.9 Å². The number of ether oxygens (including phenoxy) is 1. The van der Waals surface area contributed by atoms with E-state index in [1.54, 1.807) is 42.5 Å². The topological polar surface area (TPSA) is 132 Å². The average Bonchev–Trinajstić information content (AvgIpc) is 2.76. The van der Waals surface area contributed by atoms with E-state index in [-0.39, 0.29) is 11.6 Å². The summed E-state index contributed by atoms with van der Waals surface area (Å²) in [4.78, 5) is 41.4. The van der Waals surface area contributed by atoms with Crippen molar-refractivity contribution in [1.29, 1.82) is 0 Å². The molecule has 11 heteroatoms. The number of H-pyrrole nitrogens is 1. The summed E-state index contributed by atoms with van der Waals surface area (Å²) < 4.78 is 7.13. The smallest absolute Gasteiger partial charge is 0.349 e. The van der Waals surface area contributed by atoms with Crippen molar-refractivity contribution in [3.05, 3.63) is 101 Å². The lowest BCUT2D eigenvalue weighted by Crippen LogP contribution is -2.32. The molecule has 2 aromatic heterocycles. The van der Waals surface area contributed by atoms with Gasteiger partial charge in [-0.05, 0) is 58.5 Å². The van der Waals surface area contributed by atoms with E-state index in [1.807, 2.05) is 0 Å². The third kappa shape index (κ3) is 4.35. The Morgan fingerprint density at radius 2 is 1.97 bits per heavy atom. The number of benzene rings is 2. The van der Waals surface area contributed by atoms with Gasteiger partial charge in [0.2, 0.25) is 5.88 Å². The molecule has 0 aliphatic rings. The molecule has 10 nitrogen and oxygen atoms in total. The van der Waals surface area contributed by atoms with Gasteiger partial charge >= 0.3 is 5.69 Å². The average molecular weight is 529 g/mol. The zero-order valence-electron chi connectivity index (χ0n) is 15.6. The number of hydrogen-bond acceptors (Lipinski definition) is 7. The normalized spacial score (nSPS) is 11.1. The monoisotopic (exact) mass is 529 g/mol. The highest BCUT2D eigenvalue weighted by Crippen LogP contribution is 2.27. The molecule has 0 saturated carbocycles. The van der Waals surface area contributed by atoms with Crippen molar-refractivity contribution in [2.45, 2.75) is 0 Å². The minimum atomic E-state index is -0.640. The molecular weight excluding hydrogens is 517 g/mol. The number of aromatic amines is 1. The molecule has 4 rings (SSSR count). The Morgan fingerprint density at radius 3 is 2.68 bits per heavy atom. The molecule has 0 aliphatic carbocycles. The molecule has 0 radical (unpaired) electrons. The van der Waals surface area contributed by atoms with E-state index >= 15 is 0 Å². The van der Waals surface area contributed by atoms with Crippen LogP contribution in [-0.4, -0.2) is 25.8 Å². The molecule has 4 aromatic rings. The fourth-order valence-corrected chi connectivity index (χ4v) is 3.37. The molecule has 0 spiro atoms. The highest BCUT2D eigenvalue weighted by molar-refractivity contribution is 14.1. The molecule has 2 heterocycles. The summed E-state index contributed by atoms with van der Waals surface area (Å²) >= 11 is 2.05. The number of hydrogen-bond donors (Lipinski definition) is 1. The van der Waals surface area contributed by atoms with Crippen LogP contribution >= 0.6 is 22.6 Å². The van der Waals surface area contributed by atoms with E-state index in [0.29, 0.717) is 25.8 Å². The summed E-state index contributed by atoms with van der Waals surface area (Å²) in [7, 11) is 0. The minimum Gasteiger partial charge on any atom is -0.438 e. The molecular formula is C20H12IN5O5. The van der Waals surface area contributed by atoms with Crippen molar-refractivity contribution in [2.75, 3.05) is 0 Å². The predicted octanol–water partition coefficient (Wildman–Crippen LogP) is 3.27. The maximum atomic E-state index is 12.5. The summed E-state index contributed by atoms with van der Waals surface area (Å²) in [5, 5.41) is 15.1. The second-order valence-electron chi connectivity index (χ2n) is 6.24. The van der Waals surface area contributed by atoms with Crippen LogP contribution in [0.15, 0.2) is 75.5 Å². The molecule has 154 valence electrons. The van der Waals surface area contributed by atoms with E-state index in [4.69, 9.17) is 4.74 Å². The molecule has 0 amide bonds. The van der Waals surface area contributed by atoms with Crippen LogP contribution in [0.3, 0.4) is 0 Å². The van der Waals surface area contributed by atoms with Crippen LogP contribution in [0.5, 0.6) is 11.6 Å². The standard InChI is InChI=1S/C20H12IN5O5/c21-15-9-12(5-7-17(15)31-18-8-6-13(11-22-18)26(29)30)10-23-25-19(27)14-3-1-2-4-16(14)24-20(25)28/h1-11H,(H,24,28). The van der Waals surface area contributed by atoms with Gasteiger partial charge in [0.25, 0.3) is 11.2 Å². The zero-order chi connectivity index (χ0) is 22.0. The molecule has 0 atom stereocenters. The predicted molar refractivity (Wildman–Crippen MR) is 122 cm³/mol. The van der Waals surface area contributed by atoms with Gasteiger partial charge in [-0.25, -0.2) is 9.78 Å². The lowest BCUT2D eigenvalue weighted by atomic mass is 10.2. The third-order valence-electron chi connectivity index (χ3n) is 4.21. The van der Waals surface area contributed by atoms with Crippen molar-refractivity contribution in [3.8, 4) is 11.6 Å². The van der Waals surface area contributed by atoms with Crippen LogP contribution in [0.4, 0.5) is 5.69 Å². The number of nitrogens with zero attached hydrogens (tertiary/aromatic N) is 4. The number of nitrogens with one attached hydrogen (secondary N) is 1. The maximum absolute atomic E-state index is 12.5. The van der Waals surface area contributed by atoms with Gasteiger partial charge in [-0.2, -0.15) is 5.10 Å². The van der Waals surface area contributed by atoms with Crippen LogP contribution < -0.4 is 16.0 Å². The number of halogens is 1. The first kappa shape index (κ1) is 20.4. The van der Waals surface area contributed by atoms with Gasteiger partial charge in [0.1, 0.15) is 11.9 Å². The van der Waals surface area contributed by atoms with Gasteiger partial charge in [-0.15, -0.1) is 4.68 Å². The van der Waals surface area contributed by atoms with Crippen molar-refractivity contribution >= 4 is 45.4 Å². The SMILES string of the molecule is O=c1[nH]c2ccccc2c(=O)n1N=Cc1ccc(Oc2ccc([N+](=O)[O-])cn2)c(I)c1. The van der Waals surface area contributed by atoms with Crippen molar-refractivity contribution in [3.63, 3.8) is 0 Å². The summed E-state index contributed by atoms with van der Waals surface area (Å²) in [6.45, 7) is 0. The van der Waals surface area contributed by atoms with Crippen molar-refractivity contribution in [1.82, 2.24) is 14.6 Å². The molecule has 0 bridgehead atoms. The third-order valence-corrected chi connectivity index (χ3v) is 5.05. The minimum absolute atomic E-state index is 0.132. The first-order chi connectivity index (χ1) is 14.9. The molecule has 0 unspecified atom stereocenters. The van der Waals surface area contributed by atoms with Gasteiger partial charge in [0.15, 0.2) is 0 Å². The summed E-state index contributed by atoms with van der Waals surface area (Å²) in [5.74, 6) is 0.694. The van der Waals surface area contributed by atoms with E-state index in [9.17, 15) is 19.7 Å². The van der Waals surface area contributed by atoms with Gasteiger partial charge in [0.05, 0.1) is 25.6 Å². The number of nitro groups is 1. The summed E-state index contributed by atoms with van der Waals surface area (Å²) in [6, 6.07) is 14.5. The van der Waals surface area contributed by atoms with Gasteiger partial charge < -0.3 is 9.72 Å². The lowest BCUT2D eigenvalue weighted by molar-refractivity contribution is -0.385. The maximum Gasteiger partial charge on any atom is 0.349 e. The Kier molecular flexibility index (Phi) is 5.58. The number of fused-ring (bicyclic) bond motifs is 1. The zero-order valence-corrected chi connectivity index (χ0v) is 17.7. The van der Waals surface area contributed by atoms with E-state index in [2.05, 4.69) is 37.7 Å². The van der Waals surface area contributed by atoms with Gasteiger partial charge in [0, 0.05) is 12.1 Å². The molecule has 0 fully saturated rings. The fourth-order valence-electron chi connectivity index (χ4n) is 2.72.